The highest BCUT2D eigenvalue weighted by Gasteiger charge is 2.30. The zero-order valence-electron chi connectivity index (χ0n) is 13.5. The van der Waals surface area contributed by atoms with E-state index in [0.29, 0.717) is 17.3 Å². The van der Waals surface area contributed by atoms with Gasteiger partial charge >= 0.3 is 0 Å². The quantitative estimate of drug-likeness (QED) is 0.823. The summed E-state index contributed by atoms with van der Waals surface area (Å²) in [6.07, 6.45) is 0.691. The summed E-state index contributed by atoms with van der Waals surface area (Å²) < 4.78 is 0. The molecule has 24 heavy (non-hydrogen) atoms. The lowest BCUT2D eigenvalue weighted by molar-refractivity contribution is -0.118. The van der Waals surface area contributed by atoms with E-state index in [4.69, 9.17) is 0 Å². The molecule has 3 rings (SSSR count). The molecule has 0 aromatic heterocycles. The van der Waals surface area contributed by atoms with Gasteiger partial charge in [0, 0.05) is 0 Å². The number of amidine groups is 1. The summed E-state index contributed by atoms with van der Waals surface area (Å²) in [6, 6.07) is 18.0. The average molecular weight is 337 g/mol. The Morgan fingerprint density at radius 1 is 1.25 bits per heavy atom. The zero-order chi connectivity index (χ0) is 16.9. The van der Waals surface area contributed by atoms with E-state index in [1.165, 1.54) is 17.3 Å². The molecule has 2 N–H and O–H groups in total. The standard InChI is InChI=1S/C19H19N3OS/c1-13-7-6-8-15(11-13)12-17-18(23)20-19(24-17)22-21-14(2)16-9-4-3-5-10-16/h3-11,17,21H,2,12H2,1H3,(H,20,22,23)/t17-/m1/s1. The van der Waals surface area contributed by atoms with Crippen LogP contribution in [-0.4, -0.2) is 16.3 Å². The van der Waals surface area contributed by atoms with E-state index in [9.17, 15) is 4.79 Å². The van der Waals surface area contributed by atoms with Crippen LogP contribution in [0.1, 0.15) is 16.7 Å². The molecule has 1 fully saturated rings. The molecule has 0 unspecified atom stereocenters. The van der Waals surface area contributed by atoms with Gasteiger partial charge in [0.15, 0.2) is 5.17 Å². The average Bonchev–Trinajstić information content (AvgIpc) is 2.93. The fourth-order valence-electron chi connectivity index (χ4n) is 2.47. The number of benzene rings is 2. The lowest BCUT2D eigenvalue weighted by Gasteiger charge is -2.06. The van der Waals surface area contributed by atoms with Crippen molar-refractivity contribution in [1.29, 1.82) is 0 Å². The molecule has 0 saturated carbocycles. The van der Waals surface area contributed by atoms with Crippen LogP contribution in [0.25, 0.3) is 5.70 Å². The van der Waals surface area contributed by atoms with Gasteiger partial charge in [-0.3, -0.25) is 10.2 Å². The number of aryl methyl sites for hydroxylation is 1. The number of nitrogens with zero attached hydrogens (tertiary/aromatic N) is 1. The molecule has 2 aromatic rings. The number of hydrogen-bond donors (Lipinski definition) is 2. The normalized spacial score (nSPS) is 18.5. The minimum absolute atomic E-state index is 0.00706. The second-order valence-corrected chi connectivity index (χ2v) is 6.85. The highest BCUT2D eigenvalue weighted by molar-refractivity contribution is 8.15. The van der Waals surface area contributed by atoms with E-state index in [1.807, 2.05) is 42.5 Å². The van der Waals surface area contributed by atoms with Crippen molar-refractivity contribution in [3.05, 3.63) is 77.9 Å². The fourth-order valence-corrected chi connectivity index (χ4v) is 3.44. The first-order chi connectivity index (χ1) is 11.6. The van der Waals surface area contributed by atoms with Gasteiger partial charge in [-0.25, -0.2) is 0 Å². The van der Waals surface area contributed by atoms with Crippen molar-refractivity contribution >= 4 is 28.5 Å². The Labute approximate surface area is 146 Å². The lowest BCUT2D eigenvalue weighted by atomic mass is 10.1. The molecular weight excluding hydrogens is 318 g/mol. The van der Waals surface area contributed by atoms with Crippen molar-refractivity contribution in [2.45, 2.75) is 18.6 Å². The summed E-state index contributed by atoms with van der Waals surface area (Å²) in [4.78, 5) is 12.1. The Kier molecular flexibility index (Phi) is 5.01. The molecule has 1 heterocycles. The molecule has 1 saturated heterocycles. The first kappa shape index (κ1) is 16.3. The SMILES string of the molecule is C=C(N/N=C1\NC(=O)[C@@H](Cc2cccc(C)c2)S1)c1ccccc1. The van der Waals surface area contributed by atoms with Gasteiger partial charge in [0.05, 0.1) is 10.9 Å². The first-order valence-corrected chi connectivity index (χ1v) is 8.61. The number of thioether (sulfide) groups is 1. The molecular formula is C19H19N3OS. The summed E-state index contributed by atoms with van der Waals surface area (Å²) in [6.45, 7) is 6.01. The maximum atomic E-state index is 12.1. The van der Waals surface area contributed by atoms with Crippen LogP contribution in [0.2, 0.25) is 0 Å². The van der Waals surface area contributed by atoms with Crippen LogP contribution in [0.15, 0.2) is 66.3 Å². The highest BCUT2D eigenvalue weighted by atomic mass is 32.2. The molecule has 1 amide bonds. The van der Waals surface area contributed by atoms with Crippen molar-refractivity contribution in [2.24, 2.45) is 5.10 Å². The molecule has 1 aliphatic rings. The summed E-state index contributed by atoms with van der Waals surface area (Å²) in [5.41, 5.74) is 6.93. The molecule has 122 valence electrons. The van der Waals surface area contributed by atoms with Crippen molar-refractivity contribution in [2.75, 3.05) is 0 Å². The second-order valence-electron chi connectivity index (χ2n) is 5.66. The fraction of sp³-hybridized carbons (Fsp3) is 0.158. The number of rotatable bonds is 5. The molecule has 4 nitrogen and oxygen atoms in total. The van der Waals surface area contributed by atoms with E-state index in [-0.39, 0.29) is 11.2 Å². The van der Waals surface area contributed by atoms with Gasteiger partial charge in [-0.15, -0.1) is 5.10 Å². The Morgan fingerprint density at radius 2 is 2.04 bits per heavy atom. The van der Waals surface area contributed by atoms with Crippen LogP contribution in [0.5, 0.6) is 0 Å². The summed E-state index contributed by atoms with van der Waals surface area (Å²) >= 11 is 1.44. The van der Waals surface area contributed by atoms with Crippen molar-refractivity contribution in [1.82, 2.24) is 10.7 Å². The second kappa shape index (κ2) is 7.36. The largest absolute Gasteiger partial charge is 0.303 e. The van der Waals surface area contributed by atoms with Gasteiger partial charge in [-0.05, 0) is 24.5 Å². The van der Waals surface area contributed by atoms with Crippen LogP contribution in [-0.2, 0) is 11.2 Å². The van der Waals surface area contributed by atoms with Gasteiger partial charge in [-0.2, -0.15) is 0 Å². The Balaban J connectivity index is 1.61. The minimum atomic E-state index is -0.155. The van der Waals surface area contributed by atoms with Gasteiger partial charge in [0.25, 0.3) is 0 Å². The van der Waals surface area contributed by atoms with Gasteiger partial charge in [0.2, 0.25) is 5.91 Å². The monoisotopic (exact) mass is 337 g/mol. The smallest absolute Gasteiger partial charge is 0.239 e. The predicted molar refractivity (Wildman–Crippen MR) is 100 cm³/mol. The van der Waals surface area contributed by atoms with Crippen molar-refractivity contribution in [3.8, 4) is 0 Å². The molecule has 0 spiro atoms. The maximum absolute atomic E-state index is 12.1. The van der Waals surface area contributed by atoms with E-state index >= 15 is 0 Å². The number of nitrogens with one attached hydrogen (secondary N) is 2. The number of hydrogen-bond acceptors (Lipinski definition) is 4. The van der Waals surface area contributed by atoms with Crippen LogP contribution in [0.3, 0.4) is 0 Å². The summed E-state index contributed by atoms with van der Waals surface area (Å²) in [5, 5.41) is 7.50. The third-order valence-electron chi connectivity index (χ3n) is 3.69. The van der Waals surface area contributed by atoms with Crippen LogP contribution in [0.4, 0.5) is 0 Å². The van der Waals surface area contributed by atoms with E-state index in [0.717, 1.165) is 11.1 Å². The summed E-state index contributed by atoms with van der Waals surface area (Å²) in [5.74, 6) is -0.00706. The molecule has 2 aromatic carbocycles. The zero-order valence-corrected chi connectivity index (χ0v) is 14.3. The van der Waals surface area contributed by atoms with Crippen LogP contribution >= 0.6 is 11.8 Å². The third-order valence-corrected chi connectivity index (χ3v) is 4.78. The minimum Gasteiger partial charge on any atom is -0.303 e. The van der Waals surface area contributed by atoms with Crippen molar-refractivity contribution in [3.63, 3.8) is 0 Å². The topological polar surface area (TPSA) is 53.5 Å². The number of amides is 1. The van der Waals surface area contributed by atoms with Gasteiger partial charge < -0.3 is 5.32 Å². The van der Waals surface area contributed by atoms with Gasteiger partial charge in [-0.1, -0.05) is 78.5 Å². The number of hydrazone groups is 1. The Hall–Kier alpha value is -2.53. The van der Waals surface area contributed by atoms with E-state index in [1.54, 1.807) is 0 Å². The maximum Gasteiger partial charge on any atom is 0.239 e. The van der Waals surface area contributed by atoms with Crippen LogP contribution in [0, 0.1) is 6.92 Å². The van der Waals surface area contributed by atoms with E-state index in [2.05, 4.69) is 41.5 Å². The molecule has 1 aliphatic heterocycles. The molecule has 0 aliphatic carbocycles. The molecule has 1 atom stereocenters. The van der Waals surface area contributed by atoms with Gasteiger partial charge in [0.1, 0.15) is 0 Å². The summed E-state index contributed by atoms with van der Waals surface area (Å²) in [7, 11) is 0. The Morgan fingerprint density at radius 3 is 2.79 bits per heavy atom. The predicted octanol–water partition coefficient (Wildman–Crippen LogP) is 3.30. The Bertz CT molecular complexity index is 786. The lowest BCUT2D eigenvalue weighted by Crippen LogP contribution is -2.26. The first-order valence-electron chi connectivity index (χ1n) is 7.73. The molecule has 0 radical (unpaired) electrons. The number of carbonyl (C=O) groups is 1. The van der Waals surface area contributed by atoms with Crippen LogP contribution < -0.4 is 10.7 Å². The number of carbonyl (C=O) groups excluding carboxylic acids is 1. The third kappa shape index (κ3) is 4.06. The molecule has 5 heteroatoms. The van der Waals surface area contributed by atoms with E-state index < -0.39 is 0 Å². The highest BCUT2D eigenvalue weighted by Crippen LogP contribution is 2.23. The van der Waals surface area contributed by atoms with Crippen molar-refractivity contribution < 1.29 is 4.79 Å². The molecule has 0 bridgehead atoms.